The molecule has 0 saturated carbocycles. The lowest BCUT2D eigenvalue weighted by molar-refractivity contribution is 0.0697. The second kappa shape index (κ2) is 7.44. The van der Waals surface area contributed by atoms with E-state index in [4.69, 9.17) is 5.11 Å². The molecule has 0 aliphatic carbocycles. The number of hydrogen-bond donors (Lipinski definition) is 2. The Bertz CT molecular complexity index is 740. The summed E-state index contributed by atoms with van der Waals surface area (Å²) in [5.74, 6) is -0.964. The van der Waals surface area contributed by atoms with Gasteiger partial charge >= 0.3 is 12.0 Å². The van der Waals surface area contributed by atoms with Gasteiger partial charge in [0.25, 0.3) is 0 Å². The molecule has 1 heterocycles. The molecule has 0 fully saturated rings. The van der Waals surface area contributed by atoms with Crippen molar-refractivity contribution < 1.29 is 14.7 Å². The summed E-state index contributed by atoms with van der Waals surface area (Å²) >= 11 is 1.60. The van der Waals surface area contributed by atoms with Gasteiger partial charge in [0.2, 0.25) is 0 Å². The highest BCUT2D eigenvalue weighted by molar-refractivity contribution is 7.11. The number of hydrogen-bond acceptors (Lipinski definition) is 4. The van der Waals surface area contributed by atoms with Crippen molar-refractivity contribution in [1.29, 1.82) is 0 Å². The quantitative estimate of drug-likeness (QED) is 0.869. The highest BCUT2D eigenvalue weighted by atomic mass is 32.1. The van der Waals surface area contributed by atoms with Crippen LogP contribution in [0.1, 0.15) is 44.5 Å². The van der Waals surface area contributed by atoms with E-state index in [1.54, 1.807) is 35.4 Å². The van der Waals surface area contributed by atoms with Gasteiger partial charge in [-0.15, -0.1) is 11.3 Å². The zero-order chi connectivity index (χ0) is 17.9. The van der Waals surface area contributed by atoms with E-state index in [1.165, 1.54) is 12.1 Å². The fourth-order valence-corrected chi connectivity index (χ4v) is 3.38. The molecule has 2 amide bonds. The first-order valence-electron chi connectivity index (χ1n) is 7.56. The maximum Gasteiger partial charge on any atom is 0.335 e. The molecule has 0 bridgehead atoms. The second-order valence-corrected chi connectivity index (χ2v) is 6.86. The molecule has 0 aliphatic heterocycles. The third kappa shape index (κ3) is 4.11. The lowest BCUT2D eigenvalue weighted by atomic mass is 10.1. The van der Waals surface area contributed by atoms with Gasteiger partial charge in [-0.05, 0) is 38.5 Å². The van der Waals surface area contributed by atoms with Crippen LogP contribution in [-0.2, 0) is 6.54 Å². The largest absolute Gasteiger partial charge is 0.478 e. The fraction of sp³-hybridized carbons (Fsp3) is 0.353. The molecule has 7 heteroatoms. The first-order valence-corrected chi connectivity index (χ1v) is 8.38. The van der Waals surface area contributed by atoms with E-state index in [1.807, 2.05) is 20.8 Å². The van der Waals surface area contributed by atoms with E-state index in [0.29, 0.717) is 6.54 Å². The van der Waals surface area contributed by atoms with Crippen molar-refractivity contribution in [2.24, 2.45) is 0 Å². The molecule has 6 nitrogen and oxygen atoms in total. The summed E-state index contributed by atoms with van der Waals surface area (Å²) in [5.41, 5.74) is 2.03. The van der Waals surface area contributed by atoms with Crippen LogP contribution in [0.15, 0.2) is 24.3 Å². The molecule has 1 aromatic heterocycles. The number of aromatic nitrogens is 1. The van der Waals surface area contributed by atoms with Gasteiger partial charge in [0.05, 0.1) is 22.3 Å². The van der Waals surface area contributed by atoms with Crippen molar-refractivity contribution in [3.05, 3.63) is 51.0 Å². The van der Waals surface area contributed by atoms with Crippen LogP contribution in [-0.4, -0.2) is 34.0 Å². The van der Waals surface area contributed by atoms with Gasteiger partial charge in [-0.3, -0.25) is 0 Å². The van der Waals surface area contributed by atoms with E-state index < -0.39 is 5.97 Å². The summed E-state index contributed by atoms with van der Waals surface area (Å²) in [6.07, 6.45) is 0. The van der Waals surface area contributed by atoms with Crippen molar-refractivity contribution in [2.45, 2.75) is 33.4 Å². The number of nitrogens with one attached hydrogen (secondary N) is 1. The molecule has 2 rings (SSSR count). The number of carbonyl (C=O) groups is 2. The van der Waals surface area contributed by atoms with Gasteiger partial charge < -0.3 is 15.3 Å². The summed E-state index contributed by atoms with van der Waals surface area (Å²) in [6.45, 7) is 6.22. The average molecular weight is 347 g/mol. The zero-order valence-corrected chi connectivity index (χ0v) is 15.0. The van der Waals surface area contributed by atoms with Crippen LogP contribution < -0.4 is 5.32 Å². The molecule has 1 unspecified atom stereocenters. The van der Waals surface area contributed by atoms with Crippen LogP contribution in [0.2, 0.25) is 0 Å². The van der Waals surface area contributed by atoms with Gasteiger partial charge in [-0.2, -0.15) is 0 Å². The van der Waals surface area contributed by atoms with Crippen LogP contribution in [0, 0.1) is 13.8 Å². The van der Waals surface area contributed by atoms with Crippen molar-refractivity contribution >= 4 is 23.3 Å². The minimum absolute atomic E-state index is 0.0643. The SMILES string of the molecule is Cc1nc(C)c(C(C)N(C)C(=O)NCc2ccc(C(=O)O)cc2)s1. The molecule has 1 atom stereocenters. The Balaban J connectivity index is 1.96. The van der Waals surface area contributed by atoms with Crippen LogP contribution >= 0.6 is 11.3 Å². The number of aryl methyl sites for hydroxylation is 2. The first kappa shape index (κ1) is 17.9. The topological polar surface area (TPSA) is 82.5 Å². The molecule has 0 saturated heterocycles. The van der Waals surface area contributed by atoms with Crippen molar-refractivity contribution in [1.82, 2.24) is 15.2 Å². The molecule has 0 radical (unpaired) electrons. The number of carboxylic acid groups (broad SMARTS) is 1. The molecule has 128 valence electrons. The van der Waals surface area contributed by atoms with E-state index in [0.717, 1.165) is 21.1 Å². The lowest BCUT2D eigenvalue weighted by Crippen LogP contribution is -2.38. The highest BCUT2D eigenvalue weighted by Gasteiger charge is 2.21. The lowest BCUT2D eigenvalue weighted by Gasteiger charge is -2.24. The molecular weight excluding hydrogens is 326 g/mol. The van der Waals surface area contributed by atoms with Crippen LogP contribution in [0.3, 0.4) is 0 Å². The standard InChI is InChI=1S/C17H21N3O3S/c1-10-15(24-12(3)19-10)11(2)20(4)17(23)18-9-13-5-7-14(8-6-13)16(21)22/h5-8,11H,9H2,1-4H3,(H,18,23)(H,21,22). The van der Waals surface area contributed by atoms with E-state index in [-0.39, 0.29) is 17.6 Å². The predicted octanol–water partition coefficient (Wildman–Crippen LogP) is 3.36. The van der Waals surface area contributed by atoms with E-state index in [2.05, 4.69) is 10.3 Å². The molecule has 24 heavy (non-hydrogen) atoms. The molecule has 1 aromatic carbocycles. The van der Waals surface area contributed by atoms with Crippen LogP contribution in [0.5, 0.6) is 0 Å². The Labute approximate surface area is 145 Å². The Morgan fingerprint density at radius 2 is 1.92 bits per heavy atom. The minimum Gasteiger partial charge on any atom is -0.478 e. The number of nitrogens with zero attached hydrogens (tertiary/aromatic N) is 2. The van der Waals surface area contributed by atoms with Gasteiger partial charge in [0.15, 0.2) is 0 Å². The molecule has 0 spiro atoms. The number of amides is 2. The third-order valence-corrected chi connectivity index (χ3v) is 5.11. The Hall–Kier alpha value is -2.41. The number of carbonyl (C=O) groups excluding carboxylic acids is 1. The predicted molar refractivity (Wildman–Crippen MR) is 93.4 cm³/mol. The fourth-order valence-electron chi connectivity index (χ4n) is 2.35. The summed E-state index contributed by atoms with van der Waals surface area (Å²) in [7, 11) is 1.75. The summed E-state index contributed by atoms with van der Waals surface area (Å²) < 4.78 is 0. The van der Waals surface area contributed by atoms with Gasteiger partial charge in [-0.1, -0.05) is 12.1 Å². The summed E-state index contributed by atoms with van der Waals surface area (Å²) in [6, 6.07) is 6.20. The van der Waals surface area contributed by atoms with Gasteiger partial charge in [-0.25, -0.2) is 14.6 Å². The average Bonchev–Trinajstić information content (AvgIpc) is 2.89. The van der Waals surface area contributed by atoms with Crippen molar-refractivity contribution in [2.75, 3.05) is 7.05 Å². The zero-order valence-electron chi connectivity index (χ0n) is 14.2. The van der Waals surface area contributed by atoms with E-state index in [9.17, 15) is 9.59 Å². The Kier molecular flexibility index (Phi) is 5.56. The van der Waals surface area contributed by atoms with Gasteiger partial charge in [0.1, 0.15) is 0 Å². The molecule has 0 aliphatic rings. The second-order valence-electron chi connectivity index (χ2n) is 5.63. The Morgan fingerprint density at radius 3 is 2.42 bits per heavy atom. The van der Waals surface area contributed by atoms with Gasteiger partial charge in [0, 0.05) is 18.5 Å². The number of benzene rings is 1. The first-order chi connectivity index (χ1) is 11.3. The Morgan fingerprint density at radius 1 is 1.29 bits per heavy atom. The van der Waals surface area contributed by atoms with Crippen LogP contribution in [0.25, 0.3) is 0 Å². The maximum absolute atomic E-state index is 12.3. The molecule has 2 aromatic rings. The van der Waals surface area contributed by atoms with Crippen LogP contribution in [0.4, 0.5) is 4.79 Å². The van der Waals surface area contributed by atoms with Crippen molar-refractivity contribution in [3.8, 4) is 0 Å². The van der Waals surface area contributed by atoms with E-state index >= 15 is 0 Å². The molecule has 2 N–H and O–H groups in total. The minimum atomic E-state index is -0.964. The summed E-state index contributed by atoms with van der Waals surface area (Å²) in [5, 5.41) is 12.7. The summed E-state index contributed by atoms with van der Waals surface area (Å²) in [4.78, 5) is 30.3. The smallest absolute Gasteiger partial charge is 0.335 e. The maximum atomic E-state index is 12.3. The number of thiazole rings is 1. The third-order valence-electron chi connectivity index (χ3n) is 3.86. The number of aromatic carboxylic acids is 1. The normalized spacial score (nSPS) is 11.8. The highest BCUT2D eigenvalue weighted by Crippen LogP contribution is 2.28. The monoisotopic (exact) mass is 347 g/mol. The number of carboxylic acids is 1. The number of urea groups is 1. The van der Waals surface area contributed by atoms with Crippen molar-refractivity contribution in [3.63, 3.8) is 0 Å². The molecular formula is C17H21N3O3S. The number of rotatable bonds is 5.